The van der Waals surface area contributed by atoms with Crippen LogP contribution < -0.4 is 21.1 Å². The highest BCUT2D eigenvalue weighted by atomic mass is 19.4. The van der Waals surface area contributed by atoms with Gasteiger partial charge in [0.1, 0.15) is 18.2 Å². The van der Waals surface area contributed by atoms with Crippen molar-refractivity contribution in [2.75, 3.05) is 11.9 Å². The molecule has 1 amide bonds. The van der Waals surface area contributed by atoms with Gasteiger partial charge in [0.2, 0.25) is 0 Å². The summed E-state index contributed by atoms with van der Waals surface area (Å²) in [5, 5.41) is 5.37. The lowest BCUT2D eigenvalue weighted by molar-refractivity contribution is -0.137. The fourth-order valence-electron chi connectivity index (χ4n) is 3.93. The van der Waals surface area contributed by atoms with E-state index in [1.807, 2.05) is 6.92 Å². The summed E-state index contributed by atoms with van der Waals surface area (Å²) in [4.78, 5) is 33.8. The standard InChI is InChI=1S/C30H26F5N5O3/c1-3-4-5-6-17(2)26(16-43-20-8-10-24-25(13-20)40-29(42)39-24)38-27-21(12-19(15-36-27)30(33,34)35)28(41)37-14-18-7-9-22(31)23(32)11-18/h3-13,15,26H,2,14,16H2,1H3,(H,36,38)(H,37,41)(H2,39,40,42)/b4-3-,6-5-/t26-/m0/s1. The second-order valence-corrected chi connectivity index (χ2v) is 9.30. The Labute approximate surface area is 242 Å². The number of hydrogen-bond donors (Lipinski definition) is 4. The van der Waals surface area contributed by atoms with Crippen LogP contribution in [0.1, 0.15) is 28.4 Å². The maximum absolute atomic E-state index is 13.6. The third kappa shape index (κ3) is 7.97. The first-order valence-corrected chi connectivity index (χ1v) is 12.8. The first-order chi connectivity index (χ1) is 20.4. The number of pyridine rings is 1. The number of amides is 1. The topological polar surface area (TPSA) is 112 Å². The Kier molecular flexibility index (Phi) is 9.43. The number of alkyl halides is 3. The van der Waals surface area contributed by atoms with Crippen LogP contribution in [0.2, 0.25) is 0 Å². The molecule has 0 fully saturated rings. The molecule has 0 aliphatic carbocycles. The predicted octanol–water partition coefficient (Wildman–Crippen LogP) is 6.03. The van der Waals surface area contributed by atoms with Gasteiger partial charge in [0.15, 0.2) is 11.6 Å². The zero-order valence-electron chi connectivity index (χ0n) is 22.7. The van der Waals surface area contributed by atoms with Crippen LogP contribution in [0.5, 0.6) is 5.75 Å². The van der Waals surface area contributed by atoms with E-state index in [9.17, 15) is 31.5 Å². The summed E-state index contributed by atoms with van der Waals surface area (Å²) in [6.07, 6.45) is 2.67. The molecule has 0 aliphatic rings. The van der Waals surface area contributed by atoms with Gasteiger partial charge in [-0.25, -0.2) is 18.6 Å². The van der Waals surface area contributed by atoms with Crippen molar-refractivity contribution in [3.05, 3.63) is 124 Å². The average molecular weight is 600 g/mol. The van der Waals surface area contributed by atoms with Crippen LogP contribution in [0.15, 0.2) is 89.9 Å². The molecule has 1 atom stereocenters. The monoisotopic (exact) mass is 599 g/mol. The van der Waals surface area contributed by atoms with Gasteiger partial charge in [0.05, 0.1) is 28.2 Å². The molecule has 8 nitrogen and oxygen atoms in total. The van der Waals surface area contributed by atoms with E-state index < -0.39 is 46.6 Å². The molecule has 0 saturated carbocycles. The van der Waals surface area contributed by atoms with Gasteiger partial charge >= 0.3 is 11.9 Å². The number of rotatable bonds is 11. The molecule has 2 aromatic carbocycles. The number of imidazole rings is 1. The lowest BCUT2D eigenvalue weighted by atomic mass is 10.1. The van der Waals surface area contributed by atoms with Crippen molar-refractivity contribution < 1.29 is 31.5 Å². The minimum absolute atomic E-state index is 0.0994. The Morgan fingerprint density at radius 3 is 2.56 bits per heavy atom. The highest BCUT2D eigenvalue weighted by Gasteiger charge is 2.33. The second kappa shape index (κ2) is 13.2. The molecule has 4 aromatic rings. The number of hydrogen-bond acceptors (Lipinski definition) is 5. The van der Waals surface area contributed by atoms with Crippen LogP contribution >= 0.6 is 0 Å². The molecular formula is C30H26F5N5O3. The summed E-state index contributed by atoms with van der Waals surface area (Å²) in [5.74, 6) is -2.98. The van der Waals surface area contributed by atoms with E-state index >= 15 is 0 Å². The number of nitrogens with one attached hydrogen (secondary N) is 4. The van der Waals surface area contributed by atoms with Crippen molar-refractivity contribution in [1.82, 2.24) is 20.3 Å². The van der Waals surface area contributed by atoms with Crippen LogP contribution in [-0.2, 0) is 12.7 Å². The van der Waals surface area contributed by atoms with Gasteiger partial charge in [-0.15, -0.1) is 0 Å². The Morgan fingerprint density at radius 1 is 1.07 bits per heavy atom. The number of carbonyl (C=O) groups is 1. The largest absolute Gasteiger partial charge is 0.491 e. The zero-order chi connectivity index (χ0) is 31.1. The summed E-state index contributed by atoms with van der Waals surface area (Å²) >= 11 is 0. The highest BCUT2D eigenvalue weighted by Crippen LogP contribution is 2.31. The van der Waals surface area contributed by atoms with Crippen molar-refractivity contribution in [2.45, 2.75) is 25.7 Å². The van der Waals surface area contributed by atoms with Gasteiger partial charge in [-0.1, -0.05) is 36.9 Å². The quantitative estimate of drug-likeness (QED) is 0.124. The molecule has 43 heavy (non-hydrogen) atoms. The van der Waals surface area contributed by atoms with Crippen molar-refractivity contribution in [3.8, 4) is 5.75 Å². The molecule has 0 unspecified atom stereocenters. The van der Waals surface area contributed by atoms with Gasteiger partial charge in [0.25, 0.3) is 5.91 Å². The number of ether oxygens (including phenoxy) is 1. The van der Waals surface area contributed by atoms with E-state index in [0.29, 0.717) is 34.6 Å². The second-order valence-electron chi connectivity index (χ2n) is 9.30. The van der Waals surface area contributed by atoms with Crippen molar-refractivity contribution in [2.24, 2.45) is 0 Å². The number of fused-ring (bicyclic) bond motifs is 1. The summed E-state index contributed by atoms with van der Waals surface area (Å²) in [6, 6.07) is 7.68. The van der Waals surface area contributed by atoms with Crippen LogP contribution in [0.3, 0.4) is 0 Å². The predicted molar refractivity (Wildman–Crippen MR) is 152 cm³/mol. The van der Waals surface area contributed by atoms with E-state index in [2.05, 4.69) is 32.2 Å². The molecule has 4 N–H and O–H groups in total. The Balaban J connectivity index is 1.61. The molecule has 0 saturated heterocycles. The van der Waals surface area contributed by atoms with E-state index in [1.165, 1.54) is 6.07 Å². The van der Waals surface area contributed by atoms with Gasteiger partial charge < -0.3 is 25.3 Å². The van der Waals surface area contributed by atoms with Gasteiger partial charge in [0, 0.05) is 18.8 Å². The van der Waals surface area contributed by atoms with E-state index in [-0.39, 0.29) is 24.5 Å². The van der Waals surface area contributed by atoms with Gasteiger partial charge in [-0.3, -0.25) is 4.79 Å². The number of halogens is 5. The molecule has 13 heteroatoms. The van der Waals surface area contributed by atoms with Crippen LogP contribution in [0.25, 0.3) is 11.0 Å². The zero-order valence-corrected chi connectivity index (χ0v) is 22.7. The van der Waals surface area contributed by atoms with Crippen LogP contribution in [-0.4, -0.2) is 33.5 Å². The lowest BCUT2D eigenvalue weighted by Crippen LogP contribution is -2.31. The Hall–Kier alpha value is -5.20. The van der Waals surface area contributed by atoms with E-state index in [0.717, 1.165) is 12.1 Å². The van der Waals surface area contributed by atoms with Crippen molar-refractivity contribution >= 4 is 22.8 Å². The first-order valence-electron chi connectivity index (χ1n) is 12.8. The molecule has 0 radical (unpaired) electrons. The minimum Gasteiger partial charge on any atom is -0.491 e. The molecule has 4 rings (SSSR count). The molecular weight excluding hydrogens is 573 g/mol. The Bertz CT molecular complexity index is 1760. The van der Waals surface area contributed by atoms with Crippen LogP contribution in [0.4, 0.5) is 27.8 Å². The summed E-state index contributed by atoms with van der Waals surface area (Å²) in [5.41, 5.74) is -0.288. The highest BCUT2D eigenvalue weighted by molar-refractivity contribution is 5.99. The molecule has 0 bridgehead atoms. The first kappa shape index (κ1) is 30.8. The SMILES string of the molecule is C=C(/C=C\C=C/C)[C@H](COc1ccc2[nH]c(=O)[nH]c2c1)Nc1ncc(C(F)(F)F)cc1C(=O)NCc1ccc(F)c(F)c1. The number of benzene rings is 2. The number of carbonyl (C=O) groups excluding carboxylic acids is 1. The third-order valence-electron chi connectivity index (χ3n) is 6.17. The Morgan fingerprint density at radius 2 is 1.84 bits per heavy atom. The van der Waals surface area contributed by atoms with Gasteiger partial charge in [-0.05, 0) is 48.4 Å². The van der Waals surface area contributed by atoms with E-state index in [1.54, 1.807) is 42.5 Å². The number of H-pyrrole nitrogens is 2. The normalized spacial score (nSPS) is 12.6. The fourth-order valence-corrected chi connectivity index (χ4v) is 3.93. The number of aromatic amines is 2. The molecule has 2 aromatic heterocycles. The van der Waals surface area contributed by atoms with Crippen molar-refractivity contribution in [3.63, 3.8) is 0 Å². The third-order valence-corrected chi connectivity index (χ3v) is 6.17. The summed E-state index contributed by atoms with van der Waals surface area (Å²) in [6.45, 7) is 5.44. The smallest absolute Gasteiger partial charge is 0.417 e. The summed E-state index contributed by atoms with van der Waals surface area (Å²) in [7, 11) is 0. The molecule has 0 aliphatic heterocycles. The molecule has 0 spiro atoms. The lowest BCUT2D eigenvalue weighted by Gasteiger charge is -2.22. The minimum atomic E-state index is -4.79. The maximum Gasteiger partial charge on any atom is 0.417 e. The number of allylic oxidation sites excluding steroid dienone is 3. The average Bonchev–Trinajstić information content (AvgIpc) is 3.34. The van der Waals surface area contributed by atoms with E-state index in [4.69, 9.17) is 4.74 Å². The van der Waals surface area contributed by atoms with Gasteiger partial charge in [-0.2, -0.15) is 13.2 Å². The molecule has 224 valence electrons. The molecule has 2 heterocycles. The number of nitrogens with zero attached hydrogens (tertiary/aromatic N) is 1. The number of anilines is 1. The number of aromatic nitrogens is 3. The summed E-state index contributed by atoms with van der Waals surface area (Å²) < 4.78 is 73.4. The maximum atomic E-state index is 13.6. The van der Waals surface area contributed by atoms with Crippen molar-refractivity contribution in [1.29, 1.82) is 0 Å². The fraction of sp³-hybridized carbons (Fsp3) is 0.167. The van der Waals surface area contributed by atoms with Crippen LogP contribution in [0, 0.1) is 11.6 Å².